The molecule has 0 amide bonds. The molecule has 0 radical (unpaired) electrons. The van der Waals surface area contributed by atoms with Crippen molar-refractivity contribution in [3.8, 4) is 0 Å². The lowest BCUT2D eigenvalue weighted by Crippen LogP contribution is -2.35. The average molecular weight is 165 g/mol. The van der Waals surface area contributed by atoms with E-state index in [0.29, 0.717) is 13.0 Å². The Morgan fingerprint density at radius 1 is 1.58 bits per heavy atom. The summed E-state index contributed by atoms with van der Waals surface area (Å²) in [6.45, 7) is 1.52. The predicted molar refractivity (Wildman–Crippen MR) is 43.9 cm³/mol. The lowest BCUT2D eigenvalue weighted by molar-refractivity contribution is -0.121. The van der Waals surface area contributed by atoms with E-state index in [1.807, 2.05) is 12.1 Å². The molecule has 0 spiro atoms. The van der Waals surface area contributed by atoms with E-state index in [1.54, 1.807) is 6.26 Å². The largest absolute Gasteiger partial charge is 0.469 e. The minimum absolute atomic E-state index is 0.0613. The van der Waals surface area contributed by atoms with Crippen molar-refractivity contribution >= 4 is 5.78 Å². The second-order valence-corrected chi connectivity index (χ2v) is 2.99. The third kappa shape index (κ3) is 1.28. The zero-order valence-electron chi connectivity index (χ0n) is 6.75. The van der Waals surface area contributed by atoms with E-state index in [4.69, 9.17) is 4.42 Å². The SMILES string of the molecule is O=C1CCNCC1c1ccco1. The van der Waals surface area contributed by atoms with E-state index >= 15 is 0 Å². The van der Waals surface area contributed by atoms with Crippen molar-refractivity contribution in [2.24, 2.45) is 0 Å². The van der Waals surface area contributed by atoms with Gasteiger partial charge in [0.15, 0.2) is 0 Å². The van der Waals surface area contributed by atoms with Crippen molar-refractivity contribution in [1.82, 2.24) is 5.32 Å². The number of rotatable bonds is 1. The highest BCUT2D eigenvalue weighted by molar-refractivity contribution is 5.86. The van der Waals surface area contributed by atoms with Crippen LogP contribution in [0, 0.1) is 0 Å². The molecule has 1 unspecified atom stereocenters. The van der Waals surface area contributed by atoms with Crippen LogP contribution in [0.5, 0.6) is 0 Å². The topological polar surface area (TPSA) is 42.2 Å². The molecule has 64 valence electrons. The molecule has 1 aromatic rings. The van der Waals surface area contributed by atoms with Gasteiger partial charge in [-0.3, -0.25) is 4.79 Å². The van der Waals surface area contributed by atoms with Gasteiger partial charge in [-0.2, -0.15) is 0 Å². The summed E-state index contributed by atoms with van der Waals surface area (Å²) in [7, 11) is 0. The summed E-state index contributed by atoms with van der Waals surface area (Å²) in [6.07, 6.45) is 2.22. The maximum atomic E-state index is 11.4. The highest BCUT2D eigenvalue weighted by atomic mass is 16.3. The molecule has 0 aliphatic carbocycles. The molecule has 1 saturated heterocycles. The van der Waals surface area contributed by atoms with Crippen LogP contribution in [-0.2, 0) is 4.79 Å². The van der Waals surface area contributed by atoms with Crippen molar-refractivity contribution in [1.29, 1.82) is 0 Å². The summed E-state index contributed by atoms with van der Waals surface area (Å²) in [5, 5.41) is 3.17. The van der Waals surface area contributed by atoms with Gasteiger partial charge in [0.1, 0.15) is 11.5 Å². The fourth-order valence-electron chi connectivity index (χ4n) is 1.49. The number of piperidine rings is 1. The van der Waals surface area contributed by atoms with Crippen LogP contribution in [0.25, 0.3) is 0 Å². The standard InChI is InChI=1S/C9H11NO2/c11-8-3-4-10-6-7(8)9-2-1-5-12-9/h1-2,5,7,10H,3-4,6H2. The highest BCUT2D eigenvalue weighted by Gasteiger charge is 2.25. The minimum Gasteiger partial charge on any atom is -0.469 e. The fraction of sp³-hybridized carbons (Fsp3) is 0.444. The van der Waals surface area contributed by atoms with Crippen molar-refractivity contribution in [3.63, 3.8) is 0 Å². The molecule has 1 aliphatic heterocycles. The monoisotopic (exact) mass is 165 g/mol. The summed E-state index contributed by atoms with van der Waals surface area (Å²) in [5.41, 5.74) is 0. The molecule has 1 fully saturated rings. The van der Waals surface area contributed by atoms with E-state index in [-0.39, 0.29) is 11.7 Å². The Bertz CT molecular complexity index is 266. The van der Waals surface area contributed by atoms with Gasteiger partial charge in [0.2, 0.25) is 0 Å². The summed E-state index contributed by atoms with van der Waals surface area (Å²) in [5.74, 6) is 1.00. The Kier molecular flexibility index (Phi) is 1.96. The van der Waals surface area contributed by atoms with E-state index < -0.39 is 0 Å². The van der Waals surface area contributed by atoms with Gasteiger partial charge in [0, 0.05) is 19.5 Å². The lowest BCUT2D eigenvalue weighted by Gasteiger charge is -2.19. The molecule has 0 aromatic carbocycles. The van der Waals surface area contributed by atoms with E-state index in [1.165, 1.54) is 0 Å². The summed E-state index contributed by atoms with van der Waals surface area (Å²) < 4.78 is 5.18. The van der Waals surface area contributed by atoms with Crippen LogP contribution in [0.4, 0.5) is 0 Å². The fourth-order valence-corrected chi connectivity index (χ4v) is 1.49. The van der Waals surface area contributed by atoms with Crippen LogP contribution in [0.3, 0.4) is 0 Å². The van der Waals surface area contributed by atoms with Gasteiger partial charge in [-0.25, -0.2) is 0 Å². The van der Waals surface area contributed by atoms with Crippen molar-refractivity contribution in [2.45, 2.75) is 12.3 Å². The number of carbonyl (C=O) groups excluding carboxylic acids is 1. The molecular formula is C9H11NO2. The molecule has 1 aromatic heterocycles. The van der Waals surface area contributed by atoms with Gasteiger partial charge >= 0.3 is 0 Å². The zero-order chi connectivity index (χ0) is 8.39. The second kappa shape index (κ2) is 3.11. The van der Waals surface area contributed by atoms with Crippen LogP contribution in [0.2, 0.25) is 0 Å². The molecule has 1 aliphatic rings. The Balaban J connectivity index is 2.17. The first kappa shape index (κ1) is 7.55. The molecule has 2 rings (SSSR count). The molecule has 3 nitrogen and oxygen atoms in total. The zero-order valence-corrected chi connectivity index (χ0v) is 6.75. The third-order valence-corrected chi connectivity index (χ3v) is 2.17. The van der Waals surface area contributed by atoms with Crippen molar-refractivity contribution < 1.29 is 9.21 Å². The third-order valence-electron chi connectivity index (χ3n) is 2.17. The first-order valence-corrected chi connectivity index (χ1v) is 4.15. The number of ketones is 1. The molecule has 2 heterocycles. The first-order chi connectivity index (χ1) is 5.88. The van der Waals surface area contributed by atoms with Gasteiger partial charge < -0.3 is 9.73 Å². The Morgan fingerprint density at radius 3 is 3.17 bits per heavy atom. The molecule has 3 heteroatoms. The summed E-state index contributed by atoms with van der Waals surface area (Å²) in [4.78, 5) is 11.4. The Labute approximate surface area is 70.8 Å². The van der Waals surface area contributed by atoms with E-state index in [2.05, 4.69) is 5.32 Å². The number of carbonyl (C=O) groups is 1. The maximum absolute atomic E-state index is 11.4. The van der Waals surface area contributed by atoms with Gasteiger partial charge in [-0.15, -0.1) is 0 Å². The van der Waals surface area contributed by atoms with Gasteiger partial charge in [0.25, 0.3) is 0 Å². The van der Waals surface area contributed by atoms with Gasteiger partial charge in [0.05, 0.1) is 12.2 Å². The van der Waals surface area contributed by atoms with Crippen LogP contribution in [0.15, 0.2) is 22.8 Å². The van der Waals surface area contributed by atoms with Crippen LogP contribution in [0.1, 0.15) is 18.1 Å². The summed E-state index contributed by atoms with van der Waals surface area (Å²) >= 11 is 0. The highest BCUT2D eigenvalue weighted by Crippen LogP contribution is 2.19. The molecule has 1 atom stereocenters. The molecule has 1 N–H and O–H groups in total. The molecular weight excluding hydrogens is 154 g/mol. The lowest BCUT2D eigenvalue weighted by atomic mass is 9.96. The molecule has 0 bridgehead atoms. The van der Waals surface area contributed by atoms with Gasteiger partial charge in [-0.1, -0.05) is 0 Å². The van der Waals surface area contributed by atoms with E-state index in [0.717, 1.165) is 12.3 Å². The molecule has 12 heavy (non-hydrogen) atoms. The van der Waals surface area contributed by atoms with Crippen LogP contribution in [-0.4, -0.2) is 18.9 Å². The van der Waals surface area contributed by atoms with Gasteiger partial charge in [-0.05, 0) is 12.1 Å². The quantitative estimate of drug-likeness (QED) is 0.673. The Morgan fingerprint density at radius 2 is 2.50 bits per heavy atom. The average Bonchev–Trinajstić information content (AvgIpc) is 2.57. The number of furan rings is 1. The maximum Gasteiger partial charge on any atom is 0.146 e. The van der Waals surface area contributed by atoms with Crippen molar-refractivity contribution in [3.05, 3.63) is 24.2 Å². The smallest absolute Gasteiger partial charge is 0.146 e. The number of hydrogen-bond donors (Lipinski definition) is 1. The van der Waals surface area contributed by atoms with E-state index in [9.17, 15) is 4.79 Å². The number of Topliss-reactive ketones (excluding diaryl/α,β-unsaturated/α-hetero) is 1. The Hall–Kier alpha value is -1.09. The predicted octanol–water partition coefficient (Wildman–Crippen LogP) is 0.926. The van der Waals surface area contributed by atoms with Crippen LogP contribution < -0.4 is 5.32 Å². The normalized spacial score (nSPS) is 24.3. The second-order valence-electron chi connectivity index (χ2n) is 2.99. The first-order valence-electron chi connectivity index (χ1n) is 4.15. The number of nitrogens with one attached hydrogen (secondary N) is 1. The van der Waals surface area contributed by atoms with Crippen molar-refractivity contribution in [2.75, 3.05) is 13.1 Å². The molecule has 0 saturated carbocycles. The number of hydrogen-bond acceptors (Lipinski definition) is 3. The van der Waals surface area contributed by atoms with Crippen LogP contribution >= 0.6 is 0 Å². The minimum atomic E-state index is -0.0613. The summed E-state index contributed by atoms with van der Waals surface area (Å²) in [6, 6.07) is 3.67.